The Hall–Kier alpha value is -3.66. The molecule has 172 valence electrons. The van der Waals surface area contributed by atoms with Gasteiger partial charge >= 0.3 is 5.97 Å². The molecule has 3 heterocycles. The second-order valence-corrected chi connectivity index (χ2v) is 8.02. The number of halogens is 1. The zero-order chi connectivity index (χ0) is 22.8. The SMILES string of the molecule is CCOC(=O)c1[nH]c2ccc(F)cc2c1N=NN1CC[NH+](Cc2ccc3c(c2)OCO3)CC1. The molecule has 0 unspecified atom stereocenters. The van der Waals surface area contributed by atoms with Crippen LogP contribution in [0.25, 0.3) is 10.9 Å². The number of ether oxygens (including phenoxy) is 3. The molecule has 0 saturated carbocycles. The maximum Gasteiger partial charge on any atom is 0.357 e. The zero-order valence-corrected chi connectivity index (χ0v) is 18.3. The number of rotatable bonds is 6. The van der Waals surface area contributed by atoms with Crippen LogP contribution < -0.4 is 14.4 Å². The van der Waals surface area contributed by atoms with E-state index in [1.54, 1.807) is 13.0 Å². The Morgan fingerprint density at radius 2 is 2.00 bits per heavy atom. The van der Waals surface area contributed by atoms with Crippen molar-refractivity contribution in [2.75, 3.05) is 39.6 Å². The van der Waals surface area contributed by atoms with E-state index in [1.165, 1.54) is 22.6 Å². The predicted octanol–water partition coefficient (Wildman–Crippen LogP) is 2.61. The van der Waals surface area contributed by atoms with Gasteiger partial charge in [0, 0.05) is 16.5 Å². The lowest BCUT2D eigenvalue weighted by molar-refractivity contribution is -0.918. The number of esters is 1. The van der Waals surface area contributed by atoms with Gasteiger partial charge in [0.1, 0.15) is 18.0 Å². The quantitative estimate of drug-likeness (QED) is 0.441. The molecule has 1 saturated heterocycles. The van der Waals surface area contributed by atoms with E-state index in [2.05, 4.69) is 21.4 Å². The Morgan fingerprint density at radius 1 is 1.18 bits per heavy atom. The molecule has 2 N–H and O–H groups in total. The fraction of sp³-hybridized carbons (Fsp3) is 0.348. The molecule has 33 heavy (non-hydrogen) atoms. The van der Waals surface area contributed by atoms with Gasteiger partial charge in [-0.1, -0.05) is 5.22 Å². The number of aromatic nitrogens is 1. The monoisotopic (exact) mass is 454 g/mol. The third-order valence-corrected chi connectivity index (χ3v) is 5.82. The first-order chi connectivity index (χ1) is 16.1. The summed E-state index contributed by atoms with van der Waals surface area (Å²) in [5, 5.41) is 11.0. The second kappa shape index (κ2) is 9.07. The van der Waals surface area contributed by atoms with Gasteiger partial charge in [-0.25, -0.2) is 9.18 Å². The van der Waals surface area contributed by atoms with E-state index in [0.717, 1.165) is 44.2 Å². The Morgan fingerprint density at radius 3 is 2.82 bits per heavy atom. The van der Waals surface area contributed by atoms with Crippen molar-refractivity contribution in [3.8, 4) is 11.5 Å². The van der Waals surface area contributed by atoms with Crippen LogP contribution in [-0.4, -0.2) is 55.5 Å². The summed E-state index contributed by atoms with van der Waals surface area (Å²) in [6.07, 6.45) is 0. The van der Waals surface area contributed by atoms with E-state index >= 15 is 0 Å². The van der Waals surface area contributed by atoms with E-state index in [4.69, 9.17) is 14.2 Å². The summed E-state index contributed by atoms with van der Waals surface area (Å²) in [4.78, 5) is 16.8. The van der Waals surface area contributed by atoms with Gasteiger partial charge in [0.05, 0.1) is 32.8 Å². The first kappa shape index (κ1) is 21.2. The average molecular weight is 454 g/mol. The number of piperazine rings is 1. The summed E-state index contributed by atoms with van der Waals surface area (Å²) in [5.74, 6) is 0.639. The summed E-state index contributed by atoms with van der Waals surface area (Å²) in [5.41, 5.74) is 2.27. The van der Waals surface area contributed by atoms with Crippen LogP contribution >= 0.6 is 0 Å². The zero-order valence-electron chi connectivity index (χ0n) is 18.3. The number of quaternary nitrogens is 1. The van der Waals surface area contributed by atoms with Crippen LogP contribution in [0.1, 0.15) is 23.0 Å². The van der Waals surface area contributed by atoms with Crippen molar-refractivity contribution < 1.29 is 28.3 Å². The number of carbonyl (C=O) groups is 1. The van der Waals surface area contributed by atoms with Crippen molar-refractivity contribution in [3.63, 3.8) is 0 Å². The molecule has 0 spiro atoms. The molecule has 5 rings (SSSR count). The molecule has 1 fully saturated rings. The number of benzene rings is 2. The number of hydrogen-bond donors (Lipinski definition) is 2. The van der Waals surface area contributed by atoms with Gasteiger partial charge in [-0.05, 0) is 43.3 Å². The smallest absolute Gasteiger partial charge is 0.357 e. The number of aromatic amines is 1. The first-order valence-electron chi connectivity index (χ1n) is 11.0. The largest absolute Gasteiger partial charge is 0.461 e. The maximum atomic E-state index is 13.8. The van der Waals surface area contributed by atoms with Gasteiger partial charge in [-0.15, -0.1) is 5.11 Å². The van der Waals surface area contributed by atoms with Crippen LogP contribution in [0, 0.1) is 5.82 Å². The molecule has 9 nitrogen and oxygen atoms in total. The second-order valence-electron chi connectivity index (χ2n) is 8.02. The third-order valence-electron chi connectivity index (χ3n) is 5.82. The van der Waals surface area contributed by atoms with Gasteiger partial charge < -0.3 is 24.1 Å². The summed E-state index contributed by atoms with van der Waals surface area (Å²) >= 11 is 0. The van der Waals surface area contributed by atoms with Crippen LogP contribution in [0.2, 0.25) is 0 Å². The fourth-order valence-electron chi connectivity index (χ4n) is 4.13. The minimum atomic E-state index is -0.541. The molecule has 2 aromatic carbocycles. The topological polar surface area (TPSA) is 93.0 Å². The van der Waals surface area contributed by atoms with Crippen LogP contribution in [0.15, 0.2) is 46.7 Å². The lowest BCUT2D eigenvalue weighted by Gasteiger charge is -2.29. The molecule has 0 atom stereocenters. The van der Waals surface area contributed by atoms with Crippen LogP contribution in [0.5, 0.6) is 11.5 Å². The maximum absolute atomic E-state index is 13.8. The number of nitrogens with zero attached hydrogens (tertiary/aromatic N) is 3. The first-order valence-corrected chi connectivity index (χ1v) is 11.0. The molecular formula is C23H25FN5O4+. The normalized spacial score (nSPS) is 16.1. The molecule has 0 bridgehead atoms. The average Bonchev–Trinajstić information content (AvgIpc) is 3.43. The highest BCUT2D eigenvalue weighted by Crippen LogP contribution is 2.33. The summed E-state index contributed by atoms with van der Waals surface area (Å²) in [6, 6.07) is 10.3. The number of hydrogen-bond acceptors (Lipinski definition) is 6. The summed E-state index contributed by atoms with van der Waals surface area (Å²) in [7, 11) is 0. The number of H-pyrrole nitrogens is 1. The molecular weight excluding hydrogens is 429 g/mol. The highest BCUT2D eigenvalue weighted by molar-refractivity contribution is 6.04. The highest BCUT2D eigenvalue weighted by atomic mass is 19.1. The number of nitrogens with one attached hydrogen (secondary N) is 2. The van der Waals surface area contributed by atoms with Crippen molar-refractivity contribution in [3.05, 3.63) is 53.5 Å². The van der Waals surface area contributed by atoms with Crippen molar-refractivity contribution in [2.45, 2.75) is 13.5 Å². The summed E-state index contributed by atoms with van der Waals surface area (Å²) in [6.45, 7) is 6.33. The Balaban J connectivity index is 1.26. The minimum Gasteiger partial charge on any atom is -0.461 e. The van der Waals surface area contributed by atoms with Crippen molar-refractivity contribution >= 4 is 22.6 Å². The van der Waals surface area contributed by atoms with Crippen LogP contribution in [-0.2, 0) is 11.3 Å². The van der Waals surface area contributed by atoms with E-state index in [9.17, 15) is 9.18 Å². The van der Waals surface area contributed by atoms with Crippen molar-refractivity contribution in [2.24, 2.45) is 10.3 Å². The van der Waals surface area contributed by atoms with Gasteiger partial charge in [0.15, 0.2) is 17.2 Å². The summed E-state index contributed by atoms with van der Waals surface area (Å²) < 4.78 is 29.8. The lowest BCUT2D eigenvalue weighted by atomic mass is 10.2. The van der Waals surface area contributed by atoms with E-state index in [1.807, 2.05) is 17.1 Å². The van der Waals surface area contributed by atoms with Crippen LogP contribution in [0.3, 0.4) is 0 Å². The molecule has 0 aliphatic carbocycles. The Kier molecular flexibility index (Phi) is 5.82. The Bertz CT molecular complexity index is 1200. The highest BCUT2D eigenvalue weighted by Gasteiger charge is 2.23. The predicted molar refractivity (Wildman–Crippen MR) is 117 cm³/mol. The molecule has 10 heteroatoms. The number of carbonyl (C=O) groups excluding carboxylic acids is 1. The standard InChI is InChI=1S/C23H24FN5O4/c1-2-31-23(30)22-21(17-12-16(24)4-5-18(17)25-22)26-27-29-9-7-28(8-10-29)13-15-3-6-19-20(11-15)33-14-32-19/h3-6,11-12,25H,2,7-10,13-14H2,1H3/p+1. The molecule has 0 radical (unpaired) electrons. The molecule has 0 amide bonds. The molecule has 2 aliphatic heterocycles. The van der Waals surface area contributed by atoms with Gasteiger partial charge in [-0.2, -0.15) is 0 Å². The fourth-order valence-corrected chi connectivity index (χ4v) is 4.13. The van der Waals surface area contributed by atoms with E-state index < -0.39 is 11.8 Å². The van der Waals surface area contributed by atoms with Gasteiger partial charge in [0.2, 0.25) is 6.79 Å². The van der Waals surface area contributed by atoms with Gasteiger partial charge in [-0.3, -0.25) is 5.01 Å². The van der Waals surface area contributed by atoms with E-state index in [-0.39, 0.29) is 24.8 Å². The lowest BCUT2D eigenvalue weighted by Crippen LogP contribution is -3.13. The minimum absolute atomic E-state index is 0.174. The van der Waals surface area contributed by atoms with Crippen molar-refractivity contribution in [1.29, 1.82) is 0 Å². The third kappa shape index (κ3) is 4.47. The van der Waals surface area contributed by atoms with Crippen molar-refractivity contribution in [1.82, 2.24) is 9.99 Å². The molecule has 3 aromatic rings. The number of fused-ring (bicyclic) bond motifs is 2. The van der Waals surface area contributed by atoms with Crippen LogP contribution in [0.4, 0.5) is 10.1 Å². The van der Waals surface area contributed by atoms with Gasteiger partial charge in [0.25, 0.3) is 0 Å². The molecule has 2 aliphatic rings. The molecule has 1 aromatic heterocycles. The van der Waals surface area contributed by atoms with E-state index in [0.29, 0.717) is 10.9 Å². The Labute approximate surface area is 189 Å².